The molecule has 0 aromatic carbocycles. The van der Waals surface area contributed by atoms with Crippen molar-refractivity contribution in [3.63, 3.8) is 0 Å². The lowest BCUT2D eigenvalue weighted by Gasteiger charge is -2.35. The lowest BCUT2D eigenvalue weighted by Crippen LogP contribution is -2.44. The van der Waals surface area contributed by atoms with Gasteiger partial charge in [-0.25, -0.2) is 0 Å². The highest BCUT2D eigenvalue weighted by Crippen LogP contribution is 2.30. The van der Waals surface area contributed by atoms with Crippen molar-refractivity contribution in [3.8, 4) is 0 Å². The summed E-state index contributed by atoms with van der Waals surface area (Å²) in [5, 5.41) is 8.07. The van der Waals surface area contributed by atoms with E-state index < -0.39 is 11.7 Å². The predicted octanol–water partition coefficient (Wildman–Crippen LogP) is 3.63. The third-order valence-corrected chi connectivity index (χ3v) is 5.37. The van der Waals surface area contributed by atoms with Crippen LogP contribution in [0.1, 0.15) is 38.2 Å². The van der Waals surface area contributed by atoms with E-state index in [4.69, 9.17) is 0 Å². The van der Waals surface area contributed by atoms with Crippen LogP contribution >= 0.6 is 11.8 Å². The summed E-state index contributed by atoms with van der Waals surface area (Å²) in [6.45, 7) is 2.81. The minimum atomic E-state index is -4.43. The van der Waals surface area contributed by atoms with Gasteiger partial charge in [-0.15, -0.1) is 10.2 Å². The maximum Gasteiger partial charge on any atom is 0.417 e. The van der Waals surface area contributed by atoms with Crippen molar-refractivity contribution >= 4 is 23.3 Å². The van der Waals surface area contributed by atoms with E-state index in [2.05, 4.69) is 17.1 Å². The minimum absolute atomic E-state index is 0.000256. The number of hydrogen-bond donors (Lipinski definition) is 0. The topological polar surface area (TPSA) is 50.5 Å². The molecule has 1 amide bonds. The molecule has 0 radical (unpaired) electrons. The van der Waals surface area contributed by atoms with E-state index in [1.807, 2.05) is 4.90 Å². The number of halogens is 3. The van der Waals surface area contributed by atoms with Crippen LogP contribution in [-0.2, 0) is 11.0 Å². The summed E-state index contributed by atoms with van der Waals surface area (Å²) in [6, 6.07) is 2.51. The van der Waals surface area contributed by atoms with Gasteiger partial charge in [-0.2, -0.15) is 13.2 Å². The highest BCUT2D eigenvalue weighted by molar-refractivity contribution is 7.99. The summed E-state index contributed by atoms with van der Waals surface area (Å²) in [5.41, 5.74) is -0.442. The zero-order valence-corrected chi connectivity index (χ0v) is 14.6. The molecule has 1 fully saturated rings. The van der Waals surface area contributed by atoms with Crippen molar-refractivity contribution in [3.05, 3.63) is 23.9 Å². The first kappa shape index (κ1) is 18.0. The summed E-state index contributed by atoms with van der Waals surface area (Å²) < 4.78 is 39.9. The maximum absolute atomic E-state index is 12.9. The molecule has 1 aliphatic rings. The van der Waals surface area contributed by atoms with Gasteiger partial charge in [0.05, 0.1) is 11.3 Å². The van der Waals surface area contributed by atoms with Crippen LogP contribution in [0.15, 0.2) is 23.5 Å². The Morgan fingerprint density at radius 2 is 2.12 bits per heavy atom. The van der Waals surface area contributed by atoms with Crippen molar-refractivity contribution in [1.29, 1.82) is 0 Å². The van der Waals surface area contributed by atoms with Crippen molar-refractivity contribution < 1.29 is 18.0 Å². The lowest BCUT2D eigenvalue weighted by atomic mass is 10.0. The van der Waals surface area contributed by atoms with Crippen molar-refractivity contribution in [2.45, 2.75) is 50.0 Å². The first-order valence-corrected chi connectivity index (χ1v) is 9.23. The first-order valence-electron chi connectivity index (χ1n) is 8.24. The van der Waals surface area contributed by atoms with Gasteiger partial charge >= 0.3 is 6.18 Å². The molecule has 5 nitrogen and oxygen atoms in total. The van der Waals surface area contributed by atoms with E-state index in [0.717, 1.165) is 56.3 Å². The third-order valence-electron chi connectivity index (χ3n) is 4.44. The lowest BCUT2D eigenvalue weighted by molar-refractivity contribution is -0.138. The second-order valence-corrected chi connectivity index (χ2v) is 7.00. The number of aromatic nitrogens is 3. The van der Waals surface area contributed by atoms with Crippen LogP contribution in [0.3, 0.4) is 0 Å². The first-order chi connectivity index (χ1) is 11.9. The van der Waals surface area contributed by atoms with Gasteiger partial charge in [0.15, 0.2) is 10.8 Å². The van der Waals surface area contributed by atoms with Crippen LogP contribution in [0.2, 0.25) is 0 Å². The van der Waals surface area contributed by atoms with Gasteiger partial charge in [-0.3, -0.25) is 9.20 Å². The molecular formula is C16H19F3N4OS. The molecule has 1 aliphatic heterocycles. The van der Waals surface area contributed by atoms with Crippen molar-refractivity contribution in [2.75, 3.05) is 12.3 Å². The second kappa shape index (κ2) is 7.23. The summed E-state index contributed by atoms with van der Waals surface area (Å²) in [7, 11) is 0. The second-order valence-electron chi connectivity index (χ2n) is 6.06. The fraction of sp³-hybridized carbons (Fsp3) is 0.562. The molecule has 1 atom stereocenters. The number of carbonyl (C=O) groups excluding carboxylic acids is 1. The molecule has 2 aromatic rings. The highest BCUT2D eigenvalue weighted by atomic mass is 32.2. The molecular weight excluding hydrogens is 353 g/mol. The number of thioether (sulfide) groups is 1. The molecule has 0 spiro atoms. The summed E-state index contributed by atoms with van der Waals surface area (Å²) in [5.74, 6) is 0.147. The molecule has 0 saturated carbocycles. The highest BCUT2D eigenvalue weighted by Gasteiger charge is 2.31. The van der Waals surface area contributed by atoms with Gasteiger partial charge in [-0.05, 0) is 37.8 Å². The Kier molecular flexibility index (Phi) is 5.21. The molecule has 3 heterocycles. The number of alkyl halides is 3. The van der Waals surface area contributed by atoms with Gasteiger partial charge in [0, 0.05) is 18.8 Å². The Labute approximate surface area is 147 Å². The molecule has 0 N–H and O–H groups in total. The van der Waals surface area contributed by atoms with Crippen molar-refractivity contribution in [2.24, 2.45) is 0 Å². The Morgan fingerprint density at radius 3 is 2.84 bits per heavy atom. The molecule has 3 rings (SSSR count). The standard InChI is InChI=1S/C16H19F3N4OS/c1-2-12-5-3-4-8-22(12)14(24)10-25-15-21-20-13-7-6-11(9-23(13)15)16(17,18)19/h6-7,9,12H,2-5,8,10H2,1H3. The minimum Gasteiger partial charge on any atom is -0.339 e. The Bertz CT molecular complexity index is 761. The van der Waals surface area contributed by atoms with Crippen LogP contribution in [0.4, 0.5) is 13.2 Å². The maximum atomic E-state index is 12.9. The quantitative estimate of drug-likeness (QED) is 0.769. The smallest absolute Gasteiger partial charge is 0.339 e. The molecule has 1 unspecified atom stereocenters. The van der Waals surface area contributed by atoms with Crippen LogP contribution < -0.4 is 0 Å². The van der Waals surface area contributed by atoms with Gasteiger partial charge < -0.3 is 4.90 Å². The van der Waals surface area contributed by atoms with Gasteiger partial charge in [0.2, 0.25) is 5.91 Å². The predicted molar refractivity (Wildman–Crippen MR) is 88.4 cm³/mol. The van der Waals surface area contributed by atoms with Gasteiger partial charge in [-0.1, -0.05) is 18.7 Å². The number of amides is 1. The Morgan fingerprint density at radius 1 is 1.32 bits per heavy atom. The molecule has 9 heteroatoms. The zero-order chi connectivity index (χ0) is 18.0. The molecule has 0 aliphatic carbocycles. The molecule has 136 valence electrons. The average molecular weight is 372 g/mol. The van der Waals surface area contributed by atoms with Gasteiger partial charge in [0.25, 0.3) is 0 Å². The number of rotatable bonds is 4. The third kappa shape index (κ3) is 3.91. The van der Waals surface area contributed by atoms with Crippen LogP contribution in [0.5, 0.6) is 0 Å². The number of fused-ring (bicyclic) bond motifs is 1. The Hall–Kier alpha value is -1.77. The molecule has 25 heavy (non-hydrogen) atoms. The number of nitrogens with zero attached hydrogens (tertiary/aromatic N) is 4. The van der Waals surface area contributed by atoms with E-state index in [9.17, 15) is 18.0 Å². The van der Waals surface area contributed by atoms with E-state index >= 15 is 0 Å². The van der Waals surface area contributed by atoms with E-state index in [1.165, 1.54) is 10.5 Å². The monoisotopic (exact) mass is 372 g/mol. The number of likely N-dealkylation sites (tertiary alicyclic amines) is 1. The largest absolute Gasteiger partial charge is 0.417 e. The number of hydrogen-bond acceptors (Lipinski definition) is 4. The summed E-state index contributed by atoms with van der Waals surface area (Å²) in [6.07, 6.45) is 0.589. The molecule has 1 saturated heterocycles. The average Bonchev–Trinajstić information content (AvgIpc) is 3.01. The zero-order valence-electron chi connectivity index (χ0n) is 13.8. The molecule has 2 aromatic heterocycles. The van der Waals surface area contributed by atoms with E-state index in [-0.39, 0.29) is 17.7 Å². The fourth-order valence-electron chi connectivity index (χ4n) is 3.10. The van der Waals surface area contributed by atoms with Crippen LogP contribution in [-0.4, -0.2) is 43.7 Å². The van der Waals surface area contributed by atoms with E-state index in [0.29, 0.717) is 10.8 Å². The fourth-order valence-corrected chi connectivity index (χ4v) is 3.90. The van der Waals surface area contributed by atoms with Crippen LogP contribution in [0, 0.1) is 0 Å². The molecule has 0 bridgehead atoms. The summed E-state index contributed by atoms with van der Waals surface area (Å²) in [4.78, 5) is 14.4. The number of carbonyl (C=O) groups is 1. The van der Waals surface area contributed by atoms with Gasteiger partial charge in [0.1, 0.15) is 0 Å². The van der Waals surface area contributed by atoms with Crippen molar-refractivity contribution in [1.82, 2.24) is 19.5 Å². The summed E-state index contributed by atoms with van der Waals surface area (Å²) >= 11 is 1.12. The number of piperidine rings is 1. The normalized spacial score (nSPS) is 18.7. The van der Waals surface area contributed by atoms with E-state index in [1.54, 1.807) is 0 Å². The number of pyridine rings is 1. The SMILES string of the molecule is CCC1CCCCN1C(=O)CSc1nnc2ccc(C(F)(F)F)cn12. The Balaban J connectivity index is 1.73. The van der Waals surface area contributed by atoms with Crippen LogP contribution in [0.25, 0.3) is 5.65 Å².